The van der Waals surface area contributed by atoms with E-state index in [1.165, 1.54) is 22.6 Å². The highest BCUT2D eigenvalue weighted by atomic mass is 127. The summed E-state index contributed by atoms with van der Waals surface area (Å²) >= 11 is 1.42. The zero-order chi connectivity index (χ0) is 15.5. The fourth-order valence-electron chi connectivity index (χ4n) is 1.18. The summed E-state index contributed by atoms with van der Waals surface area (Å²) in [5, 5.41) is 10.7. The molecule has 7 nitrogen and oxygen atoms in total. The highest BCUT2D eigenvalue weighted by Crippen LogP contribution is 2.35. The minimum atomic E-state index is -5.09. The Hall–Kier alpha value is -1.66. The maximum atomic E-state index is 12.2. The predicted octanol–water partition coefficient (Wildman–Crippen LogP) is 2.21. The first-order valence-electron chi connectivity index (χ1n) is 4.80. The first kappa shape index (κ1) is 16.4. The van der Waals surface area contributed by atoms with Gasteiger partial charge in [0.05, 0.1) is 10.7 Å². The van der Waals surface area contributed by atoms with Crippen molar-refractivity contribution in [3.05, 3.63) is 25.4 Å². The van der Waals surface area contributed by atoms with Crippen LogP contribution in [0.5, 0.6) is 5.75 Å². The molecule has 1 aromatic rings. The second-order valence-electron chi connectivity index (χ2n) is 3.31. The van der Waals surface area contributed by atoms with Crippen molar-refractivity contribution in [3.8, 4) is 5.75 Å². The van der Waals surface area contributed by atoms with Gasteiger partial charge >= 0.3 is 18.1 Å². The van der Waals surface area contributed by atoms with Gasteiger partial charge in [-0.1, -0.05) is 0 Å². The molecule has 1 aromatic heterocycles. The zero-order valence-electron chi connectivity index (χ0n) is 9.73. The summed E-state index contributed by atoms with van der Waals surface area (Å²) in [6.07, 6.45) is -5.49. The second kappa shape index (κ2) is 6.19. The molecule has 0 saturated heterocycles. The number of alkyl halides is 3. The quantitative estimate of drug-likeness (QED) is 0.330. The largest absolute Gasteiger partial charge is 0.573 e. The number of carbonyl (C=O) groups is 1. The Bertz CT molecular complexity index is 549. The Morgan fingerprint density at radius 3 is 2.60 bits per heavy atom. The van der Waals surface area contributed by atoms with Crippen LogP contribution in [0, 0.1) is 13.7 Å². The molecule has 1 heterocycles. The summed E-state index contributed by atoms with van der Waals surface area (Å²) in [5.74, 6) is -2.86. The van der Waals surface area contributed by atoms with Crippen LogP contribution in [0.25, 0.3) is 0 Å². The standard InChI is InChI=1S/C9H6F3IN2O5/c1-19-6(16)3-4-2-5(13)7(20-9(10,11)12)8(14-4)15(17)18/h2H,3H2,1H3. The number of ether oxygens (including phenoxy) is 2. The normalized spacial score (nSPS) is 11.1. The highest BCUT2D eigenvalue weighted by Gasteiger charge is 2.37. The molecule has 0 bridgehead atoms. The van der Waals surface area contributed by atoms with Crippen LogP contribution in [0.1, 0.15) is 5.69 Å². The number of aromatic nitrogens is 1. The van der Waals surface area contributed by atoms with Gasteiger partial charge in [-0.2, -0.15) is 0 Å². The number of hydrogen-bond acceptors (Lipinski definition) is 6. The van der Waals surface area contributed by atoms with E-state index in [2.05, 4.69) is 14.5 Å². The maximum absolute atomic E-state index is 12.2. The van der Waals surface area contributed by atoms with Crippen LogP contribution in [0.2, 0.25) is 0 Å². The summed E-state index contributed by atoms with van der Waals surface area (Å²) in [6.45, 7) is 0. The highest BCUT2D eigenvalue weighted by molar-refractivity contribution is 14.1. The van der Waals surface area contributed by atoms with Crippen LogP contribution >= 0.6 is 22.6 Å². The van der Waals surface area contributed by atoms with Crippen LogP contribution in [-0.4, -0.2) is 29.3 Å². The topological polar surface area (TPSA) is 91.6 Å². The van der Waals surface area contributed by atoms with Gasteiger partial charge in [0, 0.05) is 6.07 Å². The molecule has 0 amide bonds. The first-order valence-corrected chi connectivity index (χ1v) is 5.88. The predicted molar refractivity (Wildman–Crippen MR) is 66.0 cm³/mol. The van der Waals surface area contributed by atoms with Gasteiger partial charge in [-0.25, -0.2) is 0 Å². The molecular formula is C9H6F3IN2O5. The van der Waals surface area contributed by atoms with Crippen molar-refractivity contribution >= 4 is 34.4 Å². The lowest BCUT2D eigenvalue weighted by Gasteiger charge is -2.10. The van der Waals surface area contributed by atoms with Gasteiger partial charge in [-0.3, -0.25) is 4.79 Å². The molecule has 11 heteroatoms. The number of hydrogen-bond donors (Lipinski definition) is 0. The SMILES string of the molecule is COC(=O)Cc1cc(I)c(OC(F)(F)F)c([N+](=O)[O-])n1. The van der Waals surface area contributed by atoms with Gasteiger partial charge in [0.25, 0.3) is 0 Å². The number of esters is 1. The van der Waals surface area contributed by atoms with Gasteiger partial charge in [0.1, 0.15) is 6.42 Å². The van der Waals surface area contributed by atoms with Crippen molar-refractivity contribution in [2.45, 2.75) is 12.8 Å². The van der Waals surface area contributed by atoms with Crippen LogP contribution in [0.4, 0.5) is 19.0 Å². The maximum Gasteiger partial charge on any atom is 0.573 e. The molecule has 0 aliphatic rings. The number of carbonyl (C=O) groups excluding carboxylic acids is 1. The molecule has 0 fully saturated rings. The minimum Gasteiger partial charge on any atom is -0.469 e. The fraction of sp³-hybridized carbons (Fsp3) is 0.333. The lowest BCUT2D eigenvalue weighted by Crippen LogP contribution is -2.19. The molecule has 0 N–H and O–H groups in total. The summed E-state index contributed by atoms with van der Waals surface area (Å²) < 4.78 is 44.3. The van der Waals surface area contributed by atoms with Gasteiger partial charge < -0.3 is 19.6 Å². The molecule has 0 aromatic carbocycles. The van der Waals surface area contributed by atoms with E-state index in [1.807, 2.05) is 0 Å². The summed E-state index contributed by atoms with van der Waals surface area (Å²) in [7, 11) is 1.10. The summed E-state index contributed by atoms with van der Waals surface area (Å²) in [5.41, 5.74) is -0.0949. The molecule has 1 rings (SSSR count). The van der Waals surface area contributed by atoms with Crippen LogP contribution in [-0.2, 0) is 16.0 Å². The molecule has 0 unspecified atom stereocenters. The molecule has 0 radical (unpaired) electrons. The van der Waals surface area contributed by atoms with E-state index in [9.17, 15) is 28.1 Å². The monoisotopic (exact) mass is 406 g/mol. The third-order valence-electron chi connectivity index (χ3n) is 1.91. The number of pyridine rings is 1. The molecule has 110 valence electrons. The van der Waals surface area contributed by atoms with Crippen molar-refractivity contribution in [2.24, 2.45) is 0 Å². The minimum absolute atomic E-state index is 0.0949. The number of nitro groups is 1. The van der Waals surface area contributed by atoms with Gasteiger partial charge in [-0.05, 0) is 32.5 Å². The molecule has 20 heavy (non-hydrogen) atoms. The van der Waals surface area contributed by atoms with Crippen LogP contribution in [0.3, 0.4) is 0 Å². The van der Waals surface area contributed by atoms with Crippen molar-refractivity contribution < 1.29 is 32.4 Å². The number of halogens is 4. The number of nitrogens with zero attached hydrogens (tertiary/aromatic N) is 2. The van der Waals surface area contributed by atoms with E-state index in [4.69, 9.17) is 0 Å². The third kappa shape index (κ3) is 4.47. The Morgan fingerprint density at radius 2 is 2.15 bits per heavy atom. The Kier molecular flexibility index (Phi) is 5.08. The molecule has 0 aliphatic heterocycles. The second-order valence-corrected chi connectivity index (χ2v) is 4.47. The Morgan fingerprint density at radius 1 is 1.55 bits per heavy atom. The molecule has 0 aliphatic carbocycles. The van der Waals surface area contributed by atoms with Crippen molar-refractivity contribution in [2.75, 3.05) is 7.11 Å². The van der Waals surface area contributed by atoms with E-state index in [0.717, 1.165) is 13.2 Å². The van der Waals surface area contributed by atoms with E-state index in [-0.39, 0.29) is 9.26 Å². The van der Waals surface area contributed by atoms with Gasteiger partial charge in [0.2, 0.25) is 5.75 Å². The number of methoxy groups -OCH3 is 1. The van der Waals surface area contributed by atoms with E-state index >= 15 is 0 Å². The van der Waals surface area contributed by atoms with Crippen LogP contribution < -0.4 is 4.74 Å². The van der Waals surface area contributed by atoms with E-state index in [0.29, 0.717) is 0 Å². The van der Waals surface area contributed by atoms with Crippen molar-refractivity contribution in [1.82, 2.24) is 4.98 Å². The van der Waals surface area contributed by atoms with Crippen molar-refractivity contribution in [1.29, 1.82) is 0 Å². The fourth-order valence-corrected chi connectivity index (χ4v) is 1.89. The summed E-state index contributed by atoms with van der Waals surface area (Å²) in [6, 6.07) is 1.07. The van der Waals surface area contributed by atoms with Gasteiger partial charge in [0.15, 0.2) is 5.69 Å². The lowest BCUT2D eigenvalue weighted by molar-refractivity contribution is -0.393. The first-order chi connectivity index (χ1) is 9.14. The van der Waals surface area contributed by atoms with Crippen LogP contribution in [0.15, 0.2) is 6.07 Å². The van der Waals surface area contributed by atoms with E-state index < -0.39 is 35.2 Å². The zero-order valence-corrected chi connectivity index (χ0v) is 11.9. The molecule has 0 atom stereocenters. The van der Waals surface area contributed by atoms with Gasteiger partial charge in [-0.15, -0.1) is 13.2 Å². The third-order valence-corrected chi connectivity index (χ3v) is 2.71. The summed E-state index contributed by atoms with van der Waals surface area (Å²) in [4.78, 5) is 24.0. The molecule has 0 spiro atoms. The number of rotatable bonds is 4. The lowest BCUT2D eigenvalue weighted by atomic mass is 10.2. The Balaban J connectivity index is 3.26. The average Bonchev–Trinajstić information content (AvgIpc) is 2.30. The smallest absolute Gasteiger partial charge is 0.469 e. The molecular weight excluding hydrogens is 400 g/mol. The molecule has 0 saturated carbocycles. The Labute approximate surface area is 123 Å². The van der Waals surface area contributed by atoms with E-state index in [1.54, 1.807) is 0 Å². The average molecular weight is 406 g/mol. The van der Waals surface area contributed by atoms with Crippen molar-refractivity contribution in [3.63, 3.8) is 0 Å².